The quantitative estimate of drug-likeness (QED) is 0.469. The van der Waals surface area contributed by atoms with Crippen LogP contribution in [-0.4, -0.2) is 32.3 Å². The molecule has 31 heavy (non-hydrogen) atoms. The lowest BCUT2D eigenvalue weighted by molar-refractivity contribution is -0.118. The Kier molecular flexibility index (Phi) is 4.76. The van der Waals surface area contributed by atoms with Crippen LogP contribution in [0.1, 0.15) is 5.82 Å². The molecule has 1 amide bonds. The molecule has 7 nitrogen and oxygen atoms in total. The molecule has 5 aromatic rings. The van der Waals surface area contributed by atoms with Gasteiger partial charge in [-0.3, -0.25) is 4.79 Å². The van der Waals surface area contributed by atoms with Crippen LogP contribution in [0, 0.1) is 6.92 Å². The first-order valence-electron chi connectivity index (χ1n) is 9.87. The number of aromatic nitrogens is 4. The molecule has 0 unspecified atom stereocenters. The second kappa shape index (κ2) is 7.87. The van der Waals surface area contributed by atoms with Crippen molar-refractivity contribution in [2.45, 2.75) is 6.92 Å². The van der Waals surface area contributed by atoms with Gasteiger partial charge >= 0.3 is 0 Å². The Balaban J connectivity index is 1.31. The third-order valence-corrected chi connectivity index (χ3v) is 4.97. The van der Waals surface area contributed by atoms with Gasteiger partial charge in [-0.15, -0.1) is 10.2 Å². The molecular weight excluding hydrogens is 390 g/mol. The van der Waals surface area contributed by atoms with E-state index in [1.807, 2.05) is 85.8 Å². The molecule has 0 bridgehead atoms. The highest BCUT2D eigenvalue weighted by Crippen LogP contribution is 2.25. The zero-order valence-corrected chi connectivity index (χ0v) is 16.8. The molecule has 0 aliphatic rings. The van der Waals surface area contributed by atoms with E-state index in [1.54, 1.807) is 4.52 Å². The van der Waals surface area contributed by atoms with E-state index in [2.05, 4.69) is 20.6 Å². The lowest BCUT2D eigenvalue weighted by Crippen LogP contribution is -2.20. The van der Waals surface area contributed by atoms with Crippen molar-refractivity contribution in [1.82, 2.24) is 19.8 Å². The fourth-order valence-electron chi connectivity index (χ4n) is 3.47. The Hall–Kier alpha value is -4.26. The number of amides is 1. The van der Waals surface area contributed by atoms with Crippen LogP contribution in [0.3, 0.4) is 0 Å². The lowest BCUT2D eigenvalue weighted by Gasteiger charge is -2.10. The number of hydrogen-bond acceptors (Lipinski definition) is 5. The number of anilines is 1. The van der Waals surface area contributed by atoms with Crippen molar-refractivity contribution in [2.75, 3.05) is 11.9 Å². The first-order chi connectivity index (χ1) is 15.2. The molecular formula is C24H19N5O2. The van der Waals surface area contributed by atoms with Gasteiger partial charge in [-0.2, -0.15) is 9.61 Å². The smallest absolute Gasteiger partial charge is 0.262 e. The number of benzene rings is 3. The van der Waals surface area contributed by atoms with Gasteiger partial charge in [0.15, 0.2) is 18.1 Å². The van der Waals surface area contributed by atoms with Crippen LogP contribution in [0.25, 0.3) is 27.7 Å². The number of carbonyl (C=O) groups excluding carboxylic acids is 1. The highest BCUT2D eigenvalue weighted by molar-refractivity contribution is 5.93. The fourth-order valence-corrected chi connectivity index (χ4v) is 3.47. The van der Waals surface area contributed by atoms with E-state index in [9.17, 15) is 4.79 Å². The van der Waals surface area contributed by atoms with Crippen LogP contribution in [0.4, 0.5) is 5.69 Å². The number of carbonyl (C=O) groups is 1. The summed E-state index contributed by atoms with van der Waals surface area (Å²) in [6.45, 7) is 1.77. The number of ether oxygens (including phenoxy) is 1. The average Bonchev–Trinajstić information content (AvgIpc) is 3.18. The molecule has 152 valence electrons. The highest BCUT2D eigenvalue weighted by atomic mass is 16.5. The van der Waals surface area contributed by atoms with Gasteiger partial charge < -0.3 is 10.1 Å². The Morgan fingerprint density at radius 2 is 1.81 bits per heavy atom. The second-order valence-corrected chi connectivity index (χ2v) is 7.13. The molecule has 2 aromatic heterocycles. The van der Waals surface area contributed by atoms with Gasteiger partial charge in [0.2, 0.25) is 0 Å². The van der Waals surface area contributed by atoms with Crippen LogP contribution in [0.2, 0.25) is 0 Å². The summed E-state index contributed by atoms with van der Waals surface area (Å²) >= 11 is 0. The zero-order chi connectivity index (χ0) is 21.2. The minimum absolute atomic E-state index is 0.0810. The van der Waals surface area contributed by atoms with Gasteiger partial charge in [0.25, 0.3) is 5.91 Å². The van der Waals surface area contributed by atoms with Crippen molar-refractivity contribution in [3.8, 4) is 17.0 Å². The molecule has 2 heterocycles. The van der Waals surface area contributed by atoms with E-state index >= 15 is 0 Å². The predicted molar refractivity (Wildman–Crippen MR) is 119 cm³/mol. The van der Waals surface area contributed by atoms with Crippen molar-refractivity contribution < 1.29 is 9.53 Å². The number of fused-ring (bicyclic) bond motifs is 2. The molecule has 3 aromatic carbocycles. The third-order valence-electron chi connectivity index (χ3n) is 4.97. The molecule has 5 rings (SSSR count). The molecule has 0 saturated heterocycles. The normalized spacial score (nSPS) is 11.0. The van der Waals surface area contributed by atoms with E-state index in [0.29, 0.717) is 22.9 Å². The Labute approximate surface area is 178 Å². The van der Waals surface area contributed by atoms with Gasteiger partial charge in [-0.25, -0.2) is 0 Å². The summed E-state index contributed by atoms with van der Waals surface area (Å²) in [7, 11) is 0. The van der Waals surface area contributed by atoms with Gasteiger partial charge in [-0.1, -0.05) is 48.5 Å². The summed E-state index contributed by atoms with van der Waals surface area (Å²) in [6.07, 6.45) is 0. The maximum Gasteiger partial charge on any atom is 0.262 e. The Morgan fingerprint density at radius 1 is 0.968 bits per heavy atom. The molecule has 0 aliphatic carbocycles. The summed E-state index contributed by atoms with van der Waals surface area (Å²) in [5.41, 5.74) is 3.00. The minimum atomic E-state index is -0.233. The number of rotatable bonds is 5. The van der Waals surface area contributed by atoms with E-state index in [0.717, 1.165) is 22.0 Å². The summed E-state index contributed by atoms with van der Waals surface area (Å²) in [6, 6.07) is 25.0. The first kappa shape index (κ1) is 18.7. The van der Waals surface area contributed by atoms with E-state index in [1.165, 1.54) is 0 Å². The fraction of sp³-hybridized carbons (Fsp3) is 0.0833. The largest absolute Gasteiger partial charge is 0.483 e. The van der Waals surface area contributed by atoms with Gasteiger partial charge in [0.05, 0.1) is 5.69 Å². The SMILES string of the molecule is Cc1nnc2ccc(-c3cccc(NC(=O)COc4cccc5ccccc45)c3)nn12. The molecule has 0 aliphatic heterocycles. The summed E-state index contributed by atoms with van der Waals surface area (Å²) in [4.78, 5) is 12.5. The minimum Gasteiger partial charge on any atom is -0.483 e. The monoisotopic (exact) mass is 409 g/mol. The van der Waals surface area contributed by atoms with Crippen LogP contribution in [0.5, 0.6) is 5.75 Å². The molecule has 7 heteroatoms. The first-order valence-corrected chi connectivity index (χ1v) is 9.87. The molecule has 0 radical (unpaired) electrons. The average molecular weight is 409 g/mol. The van der Waals surface area contributed by atoms with Crippen LogP contribution in [0.15, 0.2) is 78.9 Å². The van der Waals surface area contributed by atoms with Crippen molar-refractivity contribution in [2.24, 2.45) is 0 Å². The van der Waals surface area contributed by atoms with Crippen molar-refractivity contribution >= 4 is 28.0 Å². The van der Waals surface area contributed by atoms with Gasteiger partial charge in [-0.05, 0) is 42.6 Å². The lowest BCUT2D eigenvalue weighted by atomic mass is 10.1. The molecule has 0 fully saturated rings. The van der Waals surface area contributed by atoms with Crippen molar-refractivity contribution in [3.05, 3.63) is 84.7 Å². The highest BCUT2D eigenvalue weighted by Gasteiger charge is 2.09. The van der Waals surface area contributed by atoms with Gasteiger partial charge in [0.1, 0.15) is 5.75 Å². The van der Waals surface area contributed by atoms with Crippen molar-refractivity contribution in [1.29, 1.82) is 0 Å². The van der Waals surface area contributed by atoms with Crippen LogP contribution >= 0.6 is 0 Å². The predicted octanol–water partition coefficient (Wildman–Crippen LogP) is 4.27. The summed E-state index contributed by atoms with van der Waals surface area (Å²) in [5, 5.41) is 17.6. The number of nitrogens with one attached hydrogen (secondary N) is 1. The topological polar surface area (TPSA) is 81.4 Å². The number of aryl methyl sites for hydroxylation is 1. The van der Waals surface area contributed by atoms with E-state index in [-0.39, 0.29) is 12.5 Å². The zero-order valence-electron chi connectivity index (χ0n) is 16.8. The molecule has 1 N–H and O–H groups in total. The Bertz CT molecular complexity index is 1400. The number of nitrogens with zero attached hydrogens (tertiary/aromatic N) is 4. The summed E-state index contributed by atoms with van der Waals surface area (Å²) in [5.74, 6) is 1.17. The van der Waals surface area contributed by atoms with Gasteiger partial charge in [0, 0.05) is 16.6 Å². The van der Waals surface area contributed by atoms with Crippen molar-refractivity contribution in [3.63, 3.8) is 0 Å². The Morgan fingerprint density at radius 3 is 2.74 bits per heavy atom. The maximum absolute atomic E-state index is 12.5. The van der Waals surface area contributed by atoms with Crippen LogP contribution in [-0.2, 0) is 4.79 Å². The van der Waals surface area contributed by atoms with Crippen LogP contribution < -0.4 is 10.1 Å². The molecule has 0 spiro atoms. The second-order valence-electron chi connectivity index (χ2n) is 7.13. The number of hydrogen-bond donors (Lipinski definition) is 1. The summed E-state index contributed by atoms with van der Waals surface area (Å²) < 4.78 is 7.47. The maximum atomic E-state index is 12.5. The third kappa shape index (κ3) is 3.81. The standard InChI is InChI=1S/C24H19N5O2/c1-16-26-27-23-13-12-21(28-29(16)23)18-8-4-9-19(14-18)25-24(30)15-31-22-11-5-7-17-6-2-3-10-20(17)22/h2-14H,15H2,1H3,(H,25,30). The molecule has 0 saturated carbocycles. The van der Waals surface area contributed by atoms with E-state index < -0.39 is 0 Å². The van der Waals surface area contributed by atoms with E-state index in [4.69, 9.17) is 4.74 Å². The molecule has 0 atom stereocenters.